The first kappa shape index (κ1) is 23.1. The normalized spacial score (nSPS) is 11.8. The van der Waals surface area contributed by atoms with Gasteiger partial charge in [0.25, 0.3) is 0 Å². The first-order valence-electron chi connectivity index (χ1n) is 14.2. The van der Waals surface area contributed by atoms with Gasteiger partial charge in [-0.3, -0.25) is 15.0 Å². The number of aromatic nitrogens is 3. The summed E-state index contributed by atoms with van der Waals surface area (Å²) in [5.41, 5.74) is 7.31. The molecule has 6 aromatic carbocycles. The Bertz CT molecular complexity index is 2500. The highest BCUT2D eigenvalue weighted by molar-refractivity contribution is 6.26. The summed E-state index contributed by atoms with van der Waals surface area (Å²) in [6.07, 6.45) is 5.68. The minimum Gasteiger partial charge on any atom is -0.256 e. The maximum absolute atomic E-state index is 4.91. The van der Waals surface area contributed by atoms with Gasteiger partial charge in [0.05, 0.1) is 16.6 Å². The van der Waals surface area contributed by atoms with Crippen molar-refractivity contribution >= 4 is 65.0 Å². The highest BCUT2D eigenvalue weighted by atomic mass is 14.7. The minimum absolute atomic E-state index is 0.923. The molecular weight excluding hydrogens is 510 g/mol. The number of rotatable bonds is 2. The molecule has 0 aliphatic rings. The first-order chi connectivity index (χ1) is 20.8. The molecule has 0 amide bonds. The van der Waals surface area contributed by atoms with Crippen LogP contribution in [0, 0.1) is 0 Å². The minimum atomic E-state index is 0.923. The van der Waals surface area contributed by atoms with Gasteiger partial charge in [0.1, 0.15) is 0 Å². The molecule has 3 heterocycles. The molecule has 9 rings (SSSR count). The summed E-state index contributed by atoms with van der Waals surface area (Å²) in [4.78, 5) is 14.4. The van der Waals surface area contributed by atoms with E-state index in [0.29, 0.717) is 0 Å². The Morgan fingerprint density at radius 1 is 0.333 bits per heavy atom. The molecule has 0 fully saturated rings. The van der Waals surface area contributed by atoms with Crippen molar-refractivity contribution in [3.63, 3.8) is 0 Å². The Labute approximate surface area is 241 Å². The second-order valence-corrected chi connectivity index (χ2v) is 10.8. The molecule has 194 valence electrons. The van der Waals surface area contributed by atoms with E-state index in [1.165, 1.54) is 32.3 Å². The average molecular weight is 534 g/mol. The molecule has 3 heteroatoms. The molecule has 42 heavy (non-hydrogen) atoms. The lowest BCUT2D eigenvalue weighted by molar-refractivity contribution is 1.37. The Morgan fingerprint density at radius 2 is 0.929 bits per heavy atom. The van der Waals surface area contributed by atoms with Crippen molar-refractivity contribution in [1.82, 2.24) is 15.0 Å². The van der Waals surface area contributed by atoms with Crippen LogP contribution in [-0.2, 0) is 0 Å². The van der Waals surface area contributed by atoms with E-state index in [-0.39, 0.29) is 0 Å². The van der Waals surface area contributed by atoms with Crippen LogP contribution >= 0.6 is 0 Å². The molecule has 9 aromatic rings. The van der Waals surface area contributed by atoms with Gasteiger partial charge in [-0.25, -0.2) is 0 Å². The van der Waals surface area contributed by atoms with Crippen molar-refractivity contribution in [2.75, 3.05) is 0 Å². The second-order valence-electron chi connectivity index (χ2n) is 10.8. The van der Waals surface area contributed by atoms with Crippen LogP contribution < -0.4 is 0 Å². The Balaban J connectivity index is 1.25. The smallest absolute Gasteiger partial charge is 0.0964 e. The largest absolute Gasteiger partial charge is 0.256 e. The van der Waals surface area contributed by atoms with Crippen LogP contribution in [0.15, 0.2) is 140 Å². The molecule has 0 N–H and O–H groups in total. The fraction of sp³-hybridized carbons (Fsp3) is 0. The SMILES string of the molecule is c1cnc2c(c1)ccc1cc(-c3ccc(-c4ccc5c6ccccc6c6ccccc6c5c4)c4ncccc34)cnc12. The number of benzene rings is 6. The van der Waals surface area contributed by atoms with Gasteiger partial charge in [-0.05, 0) is 67.7 Å². The fourth-order valence-corrected chi connectivity index (χ4v) is 6.62. The third-order valence-electron chi connectivity index (χ3n) is 8.56. The zero-order valence-corrected chi connectivity index (χ0v) is 22.6. The lowest BCUT2D eigenvalue weighted by Crippen LogP contribution is -1.91. The summed E-state index contributed by atoms with van der Waals surface area (Å²) >= 11 is 0. The molecule has 0 atom stereocenters. The lowest BCUT2D eigenvalue weighted by atomic mass is 9.90. The molecule has 0 spiro atoms. The van der Waals surface area contributed by atoms with Crippen LogP contribution in [-0.4, -0.2) is 15.0 Å². The quantitative estimate of drug-likeness (QED) is 0.208. The average Bonchev–Trinajstić information content (AvgIpc) is 3.07. The molecule has 0 bridgehead atoms. The lowest BCUT2D eigenvalue weighted by Gasteiger charge is -2.14. The van der Waals surface area contributed by atoms with Crippen molar-refractivity contribution in [3.8, 4) is 22.3 Å². The Morgan fingerprint density at radius 3 is 1.71 bits per heavy atom. The topological polar surface area (TPSA) is 38.7 Å². The van der Waals surface area contributed by atoms with E-state index < -0.39 is 0 Å². The Kier molecular flexibility index (Phi) is 4.90. The summed E-state index contributed by atoms with van der Waals surface area (Å²) in [6, 6.07) is 43.4. The van der Waals surface area contributed by atoms with Gasteiger partial charge in [0.2, 0.25) is 0 Å². The van der Waals surface area contributed by atoms with Crippen LogP contribution in [0.1, 0.15) is 0 Å². The summed E-state index contributed by atoms with van der Waals surface area (Å²) in [6.45, 7) is 0. The predicted octanol–water partition coefficient (Wildman–Crippen LogP) is 10.1. The molecule has 0 saturated carbocycles. The van der Waals surface area contributed by atoms with Crippen LogP contribution in [0.4, 0.5) is 0 Å². The number of nitrogens with zero attached hydrogens (tertiary/aromatic N) is 3. The second kappa shape index (κ2) is 8.92. The summed E-state index contributed by atoms with van der Waals surface area (Å²) in [5, 5.41) is 10.9. The van der Waals surface area contributed by atoms with E-state index >= 15 is 0 Å². The standard InChI is InChI=1S/C39H23N3/c1-2-10-32-30(8-1)31-9-3-4-11-33(31)36-22-25(15-16-34(32)36)29-18-17-28(35-12-6-20-41-39(29)35)27-21-26-14-13-24-7-5-19-40-37(24)38(26)42-23-27/h1-23H. The van der Waals surface area contributed by atoms with E-state index in [4.69, 9.17) is 9.97 Å². The highest BCUT2D eigenvalue weighted by Crippen LogP contribution is 2.40. The predicted molar refractivity (Wildman–Crippen MR) is 176 cm³/mol. The van der Waals surface area contributed by atoms with Crippen molar-refractivity contribution in [2.45, 2.75) is 0 Å². The summed E-state index contributed by atoms with van der Waals surface area (Å²) < 4.78 is 0. The molecule has 0 radical (unpaired) electrons. The number of hydrogen-bond acceptors (Lipinski definition) is 3. The molecule has 0 unspecified atom stereocenters. The van der Waals surface area contributed by atoms with E-state index in [0.717, 1.165) is 55.0 Å². The van der Waals surface area contributed by atoms with Gasteiger partial charge in [0.15, 0.2) is 0 Å². The van der Waals surface area contributed by atoms with Crippen molar-refractivity contribution in [1.29, 1.82) is 0 Å². The van der Waals surface area contributed by atoms with Gasteiger partial charge in [0, 0.05) is 45.9 Å². The monoisotopic (exact) mass is 533 g/mol. The van der Waals surface area contributed by atoms with E-state index in [2.05, 4.69) is 114 Å². The highest BCUT2D eigenvalue weighted by Gasteiger charge is 2.14. The van der Waals surface area contributed by atoms with Crippen LogP contribution in [0.25, 0.3) is 87.3 Å². The first-order valence-corrected chi connectivity index (χ1v) is 14.2. The van der Waals surface area contributed by atoms with Crippen molar-refractivity contribution < 1.29 is 0 Å². The van der Waals surface area contributed by atoms with E-state index in [1.807, 2.05) is 30.7 Å². The van der Waals surface area contributed by atoms with Crippen LogP contribution in [0.2, 0.25) is 0 Å². The van der Waals surface area contributed by atoms with Crippen molar-refractivity contribution in [2.24, 2.45) is 0 Å². The summed E-state index contributed by atoms with van der Waals surface area (Å²) in [5.74, 6) is 0. The number of hydrogen-bond donors (Lipinski definition) is 0. The molecule has 0 saturated heterocycles. The molecule has 0 aliphatic carbocycles. The van der Waals surface area contributed by atoms with Gasteiger partial charge >= 0.3 is 0 Å². The van der Waals surface area contributed by atoms with Gasteiger partial charge in [-0.15, -0.1) is 0 Å². The van der Waals surface area contributed by atoms with Gasteiger partial charge in [-0.2, -0.15) is 0 Å². The van der Waals surface area contributed by atoms with Gasteiger partial charge in [-0.1, -0.05) is 97.1 Å². The molecule has 3 aromatic heterocycles. The fourth-order valence-electron chi connectivity index (χ4n) is 6.62. The maximum Gasteiger partial charge on any atom is 0.0964 e. The third kappa shape index (κ3) is 3.37. The molecular formula is C39H23N3. The zero-order chi connectivity index (χ0) is 27.6. The van der Waals surface area contributed by atoms with E-state index in [9.17, 15) is 0 Å². The number of pyridine rings is 3. The zero-order valence-electron chi connectivity index (χ0n) is 22.6. The van der Waals surface area contributed by atoms with Gasteiger partial charge < -0.3 is 0 Å². The molecule has 0 aliphatic heterocycles. The maximum atomic E-state index is 4.91. The summed E-state index contributed by atoms with van der Waals surface area (Å²) in [7, 11) is 0. The van der Waals surface area contributed by atoms with E-state index in [1.54, 1.807) is 0 Å². The van der Waals surface area contributed by atoms with Crippen LogP contribution in [0.3, 0.4) is 0 Å². The Hall–Kier alpha value is -5.67. The third-order valence-corrected chi connectivity index (χ3v) is 8.56. The van der Waals surface area contributed by atoms with Crippen molar-refractivity contribution in [3.05, 3.63) is 140 Å². The number of fused-ring (bicyclic) bond motifs is 10. The van der Waals surface area contributed by atoms with Crippen LogP contribution in [0.5, 0.6) is 0 Å². The molecule has 3 nitrogen and oxygen atoms in total.